The van der Waals surface area contributed by atoms with E-state index in [4.69, 9.17) is 21.7 Å². The zero-order chi connectivity index (χ0) is 16.1. The van der Waals surface area contributed by atoms with Crippen molar-refractivity contribution in [3.63, 3.8) is 0 Å². The third-order valence-electron chi connectivity index (χ3n) is 2.91. The molecule has 0 unspecified atom stereocenters. The summed E-state index contributed by atoms with van der Waals surface area (Å²) in [6.45, 7) is 6.48. The predicted octanol–water partition coefficient (Wildman–Crippen LogP) is 3.48. The fourth-order valence-electron chi connectivity index (χ4n) is 1.85. The molecule has 0 aliphatic carbocycles. The number of carbonyl (C=O) groups excluding carboxylic acids is 1. The summed E-state index contributed by atoms with van der Waals surface area (Å²) in [4.78, 5) is 14.1. The van der Waals surface area contributed by atoms with Crippen molar-refractivity contribution in [3.05, 3.63) is 41.3 Å². The van der Waals surface area contributed by atoms with E-state index in [0.717, 1.165) is 5.56 Å². The second kappa shape index (κ2) is 7.47. The number of likely N-dealkylation sites (N-methyl/N-ethyl adjacent to an activating group) is 1. The van der Waals surface area contributed by atoms with Gasteiger partial charge in [-0.1, -0.05) is 42.7 Å². The van der Waals surface area contributed by atoms with Gasteiger partial charge >= 0.3 is 0 Å². The van der Waals surface area contributed by atoms with Crippen molar-refractivity contribution in [3.8, 4) is 11.5 Å². The number of hydrogen-bond acceptors (Lipinski definition) is 5. The molecule has 0 spiro atoms. The van der Waals surface area contributed by atoms with Gasteiger partial charge < -0.3 is 9.47 Å². The molecule has 22 heavy (non-hydrogen) atoms. The van der Waals surface area contributed by atoms with Crippen LogP contribution in [0.2, 0.25) is 0 Å². The normalized spacial score (nSPS) is 16.3. The van der Waals surface area contributed by atoms with Crippen molar-refractivity contribution < 1.29 is 14.3 Å². The molecule has 0 radical (unpaired) electrons. The summed E-state index contributed by atoms with van der Waals surface area (Å²) < 4.78 is 11.7. The molecule has 1 aliphatic heterocycles. The summed E-state index contributed by atoms with van der Waals surface area (Å²) in [5, 5.41) is 0. The lowest BCUT2D eigenvalue weighted by atomic mass is 10.2. The van der Waals surface area contributed by atoms with Crippen LogP contribution in [0.3, 0.4) is 0 Å². The first-order valence-corrected chi connectivity index (χ1v) is 8.01. The van der Waals surface area contributed by atoms with Crippen LogP contribution < -0.4 is 9.47 Å². The van der Waals surface area contributed by atoms with Gasteiger partial charge in [0.25, 0.3) is 5.91 Å². The standard InChI is InChI=1S/C16H17NO3S2/c1-4-8-20-12-7-6-11(9-13(12)19-5-2)10-14-15(18)17(3)16(21)22-14/h4,6-7,9-10H,1,5,8H2,2-3H3/b14-10-. The van der Waals surface area contributed by atoms with Gasteiger partial charge in [0.1, 0.15) is 10.9 Å². The Morgan fingerprint density at radius 1 is 1.36 bits per heavy atom. The average molecular weight is 335 g/mol. The lowest BCUT2D eigenvalue weighted by Crippen LogP contribution is -2.22. The third-order valence-corrected chi connectivity index (χ3v) is 4.39. The van der Waals surface area contributed by atoms with Crippen molar-refractivity contribution >= 4 is 40.3 Å². The van der Waals surface area contributed by atoms with E-state index >= 15 is 0 Å². The van der Waals surface area contributed by atoms with Gasteiger partial charge in [-0.2, -0.15) is 0 Å². The molecule has 1 heterocycles. The smallest absolute Gasteiger partial charge is 0.265 e. The average Bonchev–Trinajstić information content (AvgIpc) is 2.74. The summed E-state index contributed by atoms with van der Waals surface area (Å²) in [6, 6.07) is 5.56. The Morgan fingerprint density at radius 2 is 2.14 bits per heavy atom. The summed E-state index contributed by atoms with van der Waals surface area (Å²) in [5.41, 5.74) is 0.864. The minimum atomic E-state index is -0.0834. The van der Waals surface area contributed by atoms with Crippen LogP contribution in [0.15, 0.2) is 35.8 Å². The fourth-order valence-corrected chi connectivity index (χ4v) is 3.03. The quantitative estimate of drug-likeness (QED) is 0.452. The van der Waals surface area contributed by atoms with Crippen molar-refractivity contribution in [2.45, 2.75) is 6.92 Å². The maximum absolute atomic E-state index is 12.0. The highest BCUT2D eigenvalue weighted by Gasteiger charge is 2.28. The Kier molecular flexibility index (Phi) is 5.63. The van der Waals surface area contributed by atoms with E-state index in [1.165, 1.54) is 16.7 Å². The first kappa shape index (κ1) is 16.6. The molecule has 1 amide bonds. The fraction of sp³-hybridized carbons (Fsp3) is 0.250. The lowest BCUT2D eigenvalue weighted by molar-refractivity contribution is -0.121. The van der Waals surface area contributed by atoms with Gasteiger partial charge in [-0.05, 0) is 30.7 Å². The molecule has 4 nitrogen and oxygen atoms in total. The van der Waals surface area contributed by atoms with E-state index in [-0.39, 0.29) is 5.91 Å². The van der Waals surface area contributed by atoms with Crippen molar-refractivity contribution in [1.29, 1.82) is 0 Å². The molecular weight excluding hydrogens is 318 g/mol. The van der Waals surface area contributed by atoms with E-state index in [0.29, 0.717) is 33.9 Å². The van der Waals surface area contributed by atoms with E-state index in [9.17, 15) is 4.79 Å². The van der Waals surface area contributed by atoms with Crippen LogP contribution in [0.1, 0.15) is 12.5 Å². The largest absolute Gasteiger partial charge is 0.490 e. The second-order valence-corrected chi connectivity index (χ2v) is 6.16. The maximum Gasteiger partial charge on any atom is 0.265 e. The number of rotatable bonds is 6. The molecule has 1 aromatic rings. The van der Waals surface area contributed by atoms with Crippen LogP contribution in [0.25, 0.3) is 6.08 Å². The van der Waals surface area contributed by atoms with Gasteiger partial charge in [0.15, 0.2) is 11.5 Å². The van der Waals surface area contributed by atoms with Crippen molar-refractivity contribution in [2.75, 3.05) is 20.3 Å². The van der Waals surface area contributed by atoms with Gasteiger partial charge in [0, 0.05) is 7.05 Å². The highest BCUT2D eigenvalue weighted by Crippen LogP contribution is 2.34. The molecule has 1 aromatic carbocycles. The Bertz CT molecular complexity index is 640. The summed E-state index contributed by atoms with van der Waals surface area (Å²) in [6.07, 6.45) is 3.48. The van der Waals surface area contributed by atoms with E-state index < -0.39 is 0 Å². The Hall–Kier alpha value is -1.79. The molecule has 0 atom stereocenters. The van der Waals surface area contributed by atoms with Gasteiger partial charge in [-0.25, -0.2) is 0 Å². The molecule has 0 saturated carbocycles. The molecule has 1 aliphatic rings. The minimum Gasteiger partial charge on any atom is -0.490 e. The number of benzene rings is 1. The Morgan fingerprint density at radius 3 is 2.73 bits per heavy atom. The monoisotopic (exact) mass is 335 g/mol. The van der Waals surface area contributed by atoms with Crippen LogP contribution >= 0.6 is 24.0 Å². The number of thioether (sulfide) groups is 1. The van der Waals surface area contributed by atoms with Gasteiger partial charge in [-0.3, -0.25) is 9.69 Å². The van der Waals surface area contributed by atoms with Crippen LogP contribution in [-0.2, 0) is 4.79 Å². The Labute approximate surface area is 139 Å². The number of nitrogens with zero attached hydrogens (tertiary/aromatic N) is 1. The van der Waals surface area contributed by atoms with E-state index in [1.807, 2.05) is 31.2 Å². The van der Waals surface area contributed by atoms with Gasteiger partial charge in [0.05, 0.1) is 11.5 Å². The van der Waals surface area contributed by atoms with E-state index in [2.05, 4.69) is 6.58 Å². The summed E-state index contributed by atoms with van der Waals surface area (Å²) >= 11 is 6.42. The molecule has 0 aromatic heterocycles. The SMILES string of the molecule is C=CCOc1ccc(/C=C2\SC(=S)N(C)C2=O)cc1OCC. The summed E-state index contributed by atoms with van der Waals surface area (Å²) in [5.74, 6) is 1.21. The second-order valence-electron chi connectivity index (χ2n) is 4.48. The maximum atomic E-state index is 12.0. The minimum absolute atomic E-state index is 0.0834. The Balaban J connectivity index is 2.28. The van der Waals surface area contributed by atoms with E-state index in [1.54, 1.807) is 13.1 Å². The first-order valence-electron chi connectivity index (χ1n) is 6.79. The topological polar surface area (TPSA) is 38.8 Å². The van der Waals surface area contributed by atoms with Crippen LogP contribution in [0, 0.1) is 0 Å². The molecule has 116 valence electrons. The molecule has 6 heteroatoms. The zero-order valence-corrected chi connectivity index (χ0v) is 14.1. The first-order chi connectivity index (χ1) is 10.6. The highest BCUT2D eigenvalue weighted by molar-refractivity contribution is 8.26. The van der Waals surface area contributed by atoms with Gasteiger partial charge in [-0.15, -0.1) is 0 Å². The molecule has 1 saturated heterocycles. The number of thiocarbonyl (C=S) groups is 1. The summed E-state index contributed by atoms with van der Waals surface area (Å²) in [7, 11) is 1.68. The van der Waals surface area contributed by atoms with Crippen molar-refractivity contribution in [2.24, 2.45) is 0 Å². The third kappa shape index (κ3) is 3.69. The molecule has 2 rings (SSSR count). The molecule has 0 N–H and O–H groups in total. The predicted molar refractivity (Wildman–Crippen MR) is 94.2 cm³/mol. The number of ether oxygens (including phenoxy) is 2. The molecule has 0 bridgehead atoms. The van der Waals surface area contributed by atoms with Crippen LogP contribution in [-0.4, -0.2) is 35.4 Å². The number of amides is 1. The number of carbonyl (C=O) groups is 1. The highest BCUT2D eigenvalue weighted by atomic mass is 32.2. The van der Waals surface area contributed by atoms with Crippen LogP contribution in [0.4, 0.5) is 0 Å². The van der Waals surface area contributed by atoms with Gasteiger partial charge in [0.2, 0.25) is 0 Å². The lowest BCUT2D eigenvalue weighted by Gasteiger charge is -2.11. The van der Waals surface area contributed by atoms with Crippen molar-refractivity contribution in [1.82, 2.24) is 4.90 Å². The van der Waals surface area contributed by atoms with Crippen LogP contribution in [0.5, 0.6) is 11.5 Å². The molecular formula is C16H17NO3S2. The molecule has 1 fully saturated rings. The zero-order valence-electron chi connectivity index (χ0n) is 12.5. The number of hydrogen-bond donors (Lipinski definition) is 0.